The van der Waals surface area contributed by atoms with Crippen molar-refractivity contribution in [2.24, 2.45) is 5.14 Å². The summed E-state index contributed by atoms with van der Waals surface area (Å²) in [5, 5.41) is 4.65. The van der Waals surface area contributed by atoms with Gasteiger partial charge >= 0.3 is 11.9 Å². The Morgan fingerprint density at radius 2 is 1.69 bits per heavy atom. The summed E-state index contributed by atoms with van der Waals surface area (Å²) in [5.74, 6) is -1.86. The number of halogens is 2. The summed E-state index contributed by atoms with van der Waals surface area (Å²) in [7, 11) is -3.06. The maximum Gasteiger partial charge on any atom is 0.351 e. The zero-order valence-corrected chi connectivity index (χ0v) is 15.6. The number of methoxy groups -OCH3 is 1. The van der Waals surface area contributed by atoms with Crippen molar-refractivity contribution in [1.82, 2.24) is 0 Å². The Hall–Kier alpha value is -2.13. The predicted octanol–water partition coefficient (Wildman–Crippen LogP) is 2.71. The summed E-state index contributed by atoms with van der Waals surface area (Å²) < 4.78 is 33.0. The third-order valence-electron chi connectivity index (χ3n) is 3.29. The Kier molecular flexibility index (Phi) is 6.25. The lowest BCUT2D eigenvalue weighted by Gasteiger charge is -2.17. The average molecular weight is 418 g/mol. The second-order valence-electron chi connectivity index (χ2n) is 5.03. The molecule has 0 bridgehead atoms. The number of sulfonamides is 1. The van der Waals surface area contributed by atoms with Crippen LogP contribution in [0, 0.1) is 0 Å². The minimum absolute atomic E-state index is 0.163. The number of ether oxygens (including phenoxy) is 2. The highest BCUT2D eigenvalue weighted by atomic mass is 35.5. The zero-order valence-electron chi connectivity index (χ0n) is 13.3. The van der Waals surface area contributed by atoms with Crippen molar-refractivity contribution in [2.75, 3.05) is 7.11 Å². The van der Waals surface area contributed by atoms with Crippen molar-refractivity contribution in [2.45, 2.75) is 11.0 Å². The van der Waals surface area contributed by atoms with E-state index in [0.29, 0.717) is 5.56 Å². The van der Waals surface area contributed by atoms with Crippen molar-refractivity contribution in [3.8, 4) is 0 Å². The topological polar surface area (TPSA) is 113 Å². The number of esters is 2. The first-order chi connectivity index (χ1) is 12.1. The number of hydrogen-bond donors (Lipinski definition) is 1. The molecule has 2 N–H and O–H groups in total. The molecular formula is C16H13Cl2NO6S. The Morgan fingerprint density at radius 3 is 2.23 bits per heavy atom. The second kappa shape index (κ2) is 8.05. The summed E-state index contributed by atoms with van der Waals surface area (Å²) in [4.78, 5) is 23.9. The van der Waals surface area contributed by atoms with E-state index in [1.807, 2.05) is 0 Å². The van der Waals surface area contributed by atoms with Gasteiger partial charge in [-0.15, -0.1) is 0 Å². The summed E-state index contributed by atoms with van der Waals surface area (Å²) in [6.45, 7) is 0. The van der Waals surface area contributed by atoms with E-state index in [-0.39, 0.29) is 15.6 Å². The van der Waals surface area contributed by atoms with Crippen LogP contribution in [0.2, 0.25) is 10.0 Å². The third-order valence-corrected chi connectivity index (χ3v) is 4.98. The highest BCUT2D eigenvalue weighted by Gasteiger charge is 2.28. The lowest BCUT2D eigenvalue weighted by molar-refractivity contribution is -0.151. The number of nitrogens with two attached hydrogens (primary N) is 1. The van der Waals surface area contributed by atoms with Gasteiger partial charge in [0, 0.05) is 5.56 Å². The van der Waals surface area contributed by atoms with Crippen LogP contribution in [-0.4, -0.2) is 27.5 Å². The van der Waals surface area contributed by atoms with Gasteiger partial charge in [-0.25, -0.2) is 23.1 Å². The largest absolute Gasteiger partial charge is 0.466 e. The molecule has 0 spiro atoms. The number of hydrogen-bond acceptors (Lipinski definition) is 6. The Morgan fingerprint density at radius 1 is 1.08 bits per heavy atom. The molecule has 26 heavy (non-hydrogen) atoms. The molecule has 0 heterocycles. The molecule has 0 saturated heterocycles. The van der Waals surface area contributed by atoms with E-state index in [1.54, 1.807) is 30.3 Å². The molecule has 1 unspecified atom stereocenters. The molecule has 0 radical (unpaired) electrons. The minimum atomic E-state index is -4.20. The van der Waals surface area contributed by atoms with Gasteiger partial charge in [-0.3, -0.25) is 0 Å². The summed E-state index contributed by atoms with van der Waals surface area (Å²) in [6, 6.07) is 10.1. The molecule has 0 aliphatic rings. The molecule has 2 aromatic carbocycles. The van der Waals surface area contributed by atoms with E-state index in [2.05, 4.69) is 4.74 Å². The van der Waals surface area contributed by atoms with Gasteiger partial charge in [0.15, 0.2) is 0 Å². The van der Waals surface area contributed by atoms with E-state index >= 15 is 0 Å². The van der Waals surface area contributed by atoms with Crippen molar-refractivity contribution < 1.29 is 27.5 Å². The SMILES string of the molecule is COC(=O)C(OC(=O)c1cc(S(N)(=O)=O)c(Cl)cc1Cl)c1ccccc1. The first-order valence-electron chi connectivity index (χ1n) is 7.00. The molecule has 0 aliphatic carbocycles. The summed E-state index contributed by atoms with van der Waals surface area (Å²) in [5.41, 5.74) is 0.0504. The molecule has 0 saturated carbocycles. The number of benzene rings is 2. The van der Waals surface area contributed by atoms with Gasteiger partial charge < -0.3 is 9.47 Å². The lowest BCUT2D eigenvalue weighted by atomic mass is 10.1. The van der Waals surface area contributed by atoms with Crippen molar-refractivity contribution in [3.05, 3.63) is 63.6 Å². The monoisotopic (exact) mass is 417 g/mol. The van der Waals surface area contributed by atoms with E-state index in [4.69, 9.17) is 33.1 Å². The fourth-order valence-corrected chi connectivity index (χ4v) is 3.46. The molecule has 2 aromatic rings. The highest BCUT2D eigenvalue weighted by Crippen LogP contribution is 2.30. The van der Waals surface area contributed by atoms with Crippen LogP contribution in [0.15, 0.2) is 47.4 Å². The Labute approximate surface area is 159 Å². The van der Waals surface area contributed by atoms with Gasteiger partial charge in [0.25, 0.3) is 0 Å². The standard InChI is InChI=1S/C16H13Cl2NO6S/c1-24-16(21)14(9-5-3-2-4-6-9)25-15(20)10-7-13(26(19,22)23)12(18)8-11(10)17/h2-8,14H,1H3,(H2,19,22,23). The summed E-state index contributed by atoms with van der Waals surface area (Å²) in [6.07, 6.45) is -1.36. The van der Waals surface area contributed by atoms with Crippen LogP contribution in [-0.2, 0) is 24.3 Å². The van der Waals surface area contributed by atoms with E-state index < -0.39 is 33.0 Å². The molecule has 0 aliphatic heterocycles. The molecule has 1 atom stereocenters. The number of carbonyl (C=O) groups is 2. The normalized spacial score (nSPS) is 12.3. The van der Waals surface area contributed by atoms with Crippen LogP contribution >= 0.6 is 23.2 Å². The first-order valence-corrected chi connectivity index (χ1v) is 9.31. The van der Waals surface area contributed by atoms with Crippen LogP contribution < -0.4 is 5.14 Å². The number of carbonyl (C=O) groups excluding carboxylic acids is 2. The fraction of sp³-hybridized carbons (Fsp3) is 0.125. The molecule has 2 rings (SSSR count). The molecule has 0 aromatic heterocycles. The maximum absolute atomic E-state index is 12.5. The molecule has 7 nitrogen and oxygen atoms in total. The number of primary sulfonamides is 1. The smallest absolute Gasteiger partial charge is 0.351 e. The second-order valence-corrected chi connectivity index (χ2v) is 7.37. The van der Waals surface area contributed by atoms with Gasteiger partial charge in [0.2, 0.25) is 16.1 Å². The molecular weight excluding hydrogens is 405 g/mol. The Balaban J connectivity index is 2.43. The van der Waals surface area contributed by atoms with Gasteiger partial charge in [0.1, 0.15) is 4.90 Å². The van der Waals surface area contributed by atoms with Gasteiger partial charge in [-0.05, 0) is 12.1 Å². The summed E-state index contributed by atoms with van der Waals surface area (Å²) >= 11 is 11.7. The van der Waals surface area contributed by atoms with Crippen LogP contribution in [0.5, 0.6) is 0 Å². The van der Waals surface area contributed by atoms with Crippen molar-refractivity contribution in [1.29, 1.82) is 0 Å². The maximum atomic E-state index is 12.5. The van der Waals surface area contributed by atoms with Crippen molar-refractivity contribution >= 4 is 45.2 Å². The highest BCUT2D eigenvalue weighted by molar-refractivity contribution is 7.89. The first kappa shape index (κ1) is 20.2. The van der Waals surface area contributed by atoms with Crippen molar-refractivity contribution in [3.63, 3.8) is 0 Å². The van der Waals surface area contributed by atoms with E-state index in [1.165, 1.54) is 0 Å². The molecule has 138 valence electrons. The third kappa shape index (κ3) is 4.53. The van der Waals surface area contributed by atoms with Gasteiger partial charge in [-0.1, -0.05) is 53.5 Å². The molecule has 0 fully saturated rings. The van der Waals surface area contributed by atoms with E-state index in [0.717, 1.165) is 19.2 Å². The zero-order chi connectivity index (χ0) is 19.5. The van der Waals surface area contributed by atoms with E-state index in [9.17, 15) is 18.0 Å². The Bertz CT molecular complexity index is 947. The average Bonchev–Trinajstić information content (AvgIpc) is 2.58. The minimum Gasteiger partial charge on any atom is -0.466 e. The molecule has 0 amide bonds. The van der Waals surface area contributed by atoms with Crippen LogP contribution in [0.3, 0.4) is 0 Å². The van der Waals surface area contributed by atoms with Crippen LogP contribution in [0.4, 0.5) is 0 Å². The quantitative estimate of drug-likeness (QED) is 0.748. The molecule has 10 heteroatoms. The predicted molar refractivity (Wildman–Crippen MR) is 94.4 cm³/mol. The van der Waals surface area contributed by atoms with Crippen LogP contribution in [0.1, 0.15) is 22.0 Å². The van der Waals surface area contributed by atoms with Gasteiger partial charge in [-0.2, -0.15) is 0 Å². The number of rotatable bonds is 5. The van der Waals surface area contributed by atoms with Crippen LogP contribution in [0.25, 0.3) is 0 Å². The lowest BCUT2D eigenvalue weighted by Crippen LogP contribution is -2.22. The fourth-order valence-electron chi connectivity index (χ4n) is 2.06. The van der Waals surface area contributed by atoms with Gasteiger partial charge in [0.05, 0.1) is 22.7 Å².